The molecule has 2 aliphatic heterocycles. The van der Waals surface area contributed by atoms with Crippen LogP contribution in [0.15, 0.2) is 12.2 Å². The first-order valence-corrected chi connectivity index (χ1v) is 14.4. The average Bonchev–Trinajstić information content (AvgIpc) is 3.29. The minimum Gasteiger partial charge on any atom is -0.469 e. The summed E-state index contributed by atoms with van der Waals surface area (Å²) in [7, 11) is -0.980. The van der Waals surface area contributed by atoms with E-state index < -0.39 is 38.0 Å². The Hall–Kier alpha value is -1.22. The summed E-state index contributed by atoms with van der Waals surface area (Å²) in [5.74, 6) is -3.24. The quantitative estimate of drug-likeness (QED) is 0.287. The first kappa shape index (κ1) is 26.4. The number of carbonyl (C=O) groups excluding carboxylic acids is 2. The number of ether oxygens (including phenoxy) is 4. The van der Waals surface area contributed by atoms with E-state index in [-0.39, 0.29) is 23.9 Å². The van der Waals surface area contributed by atoms with Crippen LogP contribution in [0.5, 0.6) is 0 Å². The first-order valence-electron chi connectivity index (χ1n) is 12.3. The third kappa shape index (κ3) is 4.81. The fraction of sp³-hybridized carbons (Fsp3) is 0.840. The van der Waals surface area contributed by atoms with Gasteiger partial charge in [0.15, 0.2) is 5.79 Å². The second-order valence-electron chi connectivity index (χ2n) is 11.1. The molecule has 0 amide bonds. The third-order valence-electron chi connectivity index (χ3n) is 7.83. The van der Waals surface area contributed by atoms with E-state index in [1.165, 1.54) is 7.11 Å². The summed E-state index contributed by atoms with van der Waals surface area (Å²) in [6, 6.07) is 0. The van der Waals surface area contributed by atoms with Gasteiger partial charge in [0.1, 0.15) is 6.10 Å². The number of hydrogen-bond acceptors (Lipinski definition) is 7. The van der Waals surface area contributed by atoms with Crippen LogP contribution < -0.4 is 0 Å². The van der Waals surface area contributed by atoms with Gasteiger partial charge in [-0.1, -0.05) is 53.7 Å². The molecule has 3 rings (SSSR count). The zero-order valence-corrected chi connectivity index (χ0v) is 22.6. The number of rotatable bonds is 8. The van der Waals surface area contributed by atoms with Crippen LogP contribution in [0.4, 0.5) is 0 Å². The van der Waals surface area contributed by atoms with Crippen molar-refractivity contribution >= 4 is 20.3 Å². The Kier molecular flexibility index (Phi) is 7.83. The molecule has 0 radical (unpaired) electrons. The second-order valence-corrected chi connectivity index (χ2v) is 16.5. The largest absolute Gasteiger partial charge is 0.469 e. The molecule has 0 saturated carbocycles. The molecule has 6 atom stereocenters. The zero-order valence-electron chi connectivity index (χ0n) is 21.6. The second kappa shape index (κ2) is 9.80. The molecule has 0 spiro atoms. The van der Waals surface area contributed by atoms with E-state index in [1.54, 1.807) is 0 Å². The highest BCUT2D eigenvalue weighted by Crippen LogP contribution is 2.48. The molecule has 2 heterocycles. The number of hydrogen-bond donors (Lipinski definition) is 0. The Morgan fingerprint density at radius 2 is 1.67 bits per heavy atom. The number of cyclic esters (lactones) is 1. The maximum absolute atomic E-state index is 13.1. The molecular formula is C25H42O7Si. The van der Waals surface area contributed by atoms with Crippen molar-refractivity contribution in [1.82, 2.24) is 0 Å². The first-order chi connectivity index (χ1) is 15.4. The lowest BCUT2D eigenvalue weighted by atomic mass is 9.69. The van der Waals surface area contributed by atoms with Crippen LogP contribution in [0.3, 0.4) is 0 Å². The van der Waals surface area contributed by atoms with Crippen molar-refractivity contribution in [2.75, 3.05) is 20.3 Å². The van der Waals surface area contributed by atoms with E-state index in [4.69, 9.17) is 23.4 Å². The average molecular weight is 483 g/mol. The van der Waals surface area contributed by atoms with Crippen molar-refractivity contribution < 1.29 is 33.0 Å². The van der Waals surface area contributed by atoms with Gasteiger partial charge in [-0.2, -0.15) is 0 Å². The molecule has 2 saturated heterocycles. The smallest absolute Gasteiger partial charge is 0.310 e. The van der Waals surface area contributed by atoms with Gasteiger partial charge in [-0.25, -0.2) is 0 Å². The highest BCUT2D eigenvalue weighted by molar-refractivity contribution is 6.77. The Labute approximate surface area is 199 Å². The van der Waals surface area contributed by atoms with Gasteiger partial charge in [-0.3, -0.25) is 9.59 Å². The van der Waals surface area contributed by atoms with E-state index in [1.807, 2.05) is 26.0 Å². The molecular weight excluding hydrogens is 440 g/mol. The standard InChI is InChI=1S/C25H42O7Si/c1-14(2)33(15(3)4,16(5)6)32-22(19-13-30-25(7,8)31-19)18-11-10-17-12-29-24(27)20(17)21(18)23(26)28-9/h10-11,14-22H,12-13H2,1-9H3/t17-,18-,19+,20-,21+,22-/m0/s1. The fourth-order valence-electron chi connectivity index (χ4n) is 6.45. The maximum atomic E-state index is 13.1. The molecule has 188 valence electrons. The summed E-state index contributed by atoms with van der Waals surface area (Å²) in [4.78, 5) is 25.8. The van der Waals surface area contributed by atoms with Crippen LogP contribution in [0.25, 0.3) is 0 Å². The SMILES string of the molecule is COC(=O)[C@@H]1[C@@H]([C@H](O[Si](C(C)C)(C(C)C)C(C)C)[C@H]2COC(C)(C)O2)C=C[C@H]2COC(=O)[C@H]12. The Morgan fingerprint density at radius 1 is 1.06 bits per heavy atom. The third-order valence-corrected chi connectivity index (χ3v) is 13.9. The lowest BCUT2D eigenvalue weighted by molar-refractivity contribution is -0.165. The predicted molar refractivity (Wildman–Crippen MR) is 127 cm³/mol. The van der Waals surface area contributed by atoms with Gasteiger partial charge in [0.2, 0.25) is 8.32 Å². The van der Waals surface area contributed by atoms with E-state index in [2.05, 4.69) is 41.5 Å². The van der Waals surface area contributed by atoms with Gasteiger partial charge in [0, 0.05) is 11.8 Å². The van der Waals surface area contributed by atoms with Crippen LogP contribution in [-0.4, -0.2) is 58.6 Å². The molecule has 3 aliphatic rings. The molecule has 0 N–H and O–H groups in total. The summed E-state index contributed by atoms with van der Waals surface area (Å²) in [5, 5.41) is 0. The van der Waals surface area contributed by atoms with Crippen molar-refractivity contribution in [3.63, 3.8) is 0 Å². The van der Waals surface area contributed by atoms with Crippen LogP contribution >= 0.6 is 0 Å². The summed E-state index contributed by atoms with van der Waals surface area (Å²) in [6.45, 7) is 17.8. The fourth-order valence-corrected chi connectivity index (χ4v) is 12.0. The molecule has 0 bridgehead atoms. The number of methoxy groups -OCH3 is 1. The molecule has 1 aliphatic carbocycles. The van der Waals surface area contributed by atoms with Crippen molar-refractivity contribution in [2.24, 2.45) is 23.7 Å². The van der Waals surface area contributed by atoms with Gasteiger partial charge in [0.25, 0.3) is 0 Å². The van der Waals surface area contributed by atoms with Crippen LogP contribution in [0.2, 0.25) is 16.6 Å². The predicted octanol–water partition coefficient (Wildman–Crippen LogP) is 4.46. The molecule has 8 heteroatoms. The van der Waals surface area contributed by atoms with E-state index >= 15 is 0 Å². The molecule has 7 nitrogen and oxygen atoms in total. The maximum Gasteiger partial charge on any atom is 0.310 e. The Morgan fingerprint density at radius 3 is 2.15 bits per heavy atom. The molecule has 2 fully saturated rings. The lowest BCUT2D eigenvalue weighted by Gasteiger charge is -2.48. The molecule has 0 aromatic heterocycles. The van der Waals surface area contributed by atoms with Crippen molar-refractivity contribution in [3.8, 4) is 0 Å². The summed E-state index contributed by atoms with van der Waals surface area (Å²) in [6.07, 6.45) is 3.24. The van der Waals surface area contributed by atoms with Crippen LogP contribution in [0.1, 0.15) is 55.4 Å². The molecule has 33 heavy (non-hydrogen) atoms. The number of fused-ring (bicyclic) bond motifs is 1. The molecule has 0 unspecified atom stereocenters. The highest BCUT2D eigenvalue weighted by Gasteiger charge is 2.57. The monoisotopic (exact) mass is 482 g/mol. The van der Waals surface area contributed by atoms with Crippen molar-refractivity contribution in [2.45, 2.75) is 90.0 Å². The van der Waals surface area contributed by atoms with Crippen molar-refractivity contribution in [3.05, 3.63) is 12.2 Å². The highest BCUT2D eigenvalue weighted by atomic mass is 28.4. The number of carbonyl (C=O) groups is 2. The Bertz CT molecular complexity index is 738. The zero-order chi connectivity index (χ0) is 24.7. The van der Waals surface area contributed by atoms with Crippen LogP contribution in [0, 0.1) is 23.7 Å². The minimum absolute atomic E-state index is 0.127. The summed E-state index contributed by atoms with van der Waals surface area (Å²) < 4.78 is 30.1. The van der Waals surface area contributed by atoms with Gasteiger partial charge in [-0.05, 0) is 30.5 Å². The topological polar surface area (TPSA) is 80.3 Å². The minimum atomic E-state index is -2.35. The van der Waals surface area contributed by atoms with E-state index in [0.29, 0.717) is 29.8 Å². The normalized spacial score (nSPS) is 32.4. The molecule has 0 aromatic rings. The number of esters is 2. The van der Waals surface area contributed by atoms with Gasteiger partial charge < -0.3 is 23.4 Å². The Balaban J connectivity index is 2.09. The van der Waals surface area contributed by atoms with Gasteiger partial charge >= 0.3 is 11.9 Å². The van der Waals surface area contributed by atoms with Gasteiger partial charge in [0.05, 0.1) is 38.3 Å². The van der Waals surface area contributed by atoms with E-state index in [0.717, 1.165) is 0 Å². The summed E-state index contributed by atoms with van der Waals surface area (Å²) >= 11 is 0. The van der Waals surface area contributed by atoms with E-state index in [9.17, 15) is 9.59 Å². The summed E-state index contributed by atoms with van der Waals surface area (Å²) in [5.41, 5.74) is 1.05. The van der Waals surface area contributed by atoms with Gasteiger partial charge in [-0.15, -0.1) is 0 Å². The van der Waals surface area contributed by atoms with Crippen LogP contribution in [-0.2, 0) is 33.0 Å². The van der Waals surface area contributed by atoms with Crippen molar-refractivity contribution in [1.29, 1.82) is 0 Å². The molecule has 0 aromatic carbocycles. The lowest BCUT2D eigenvalue weighted by Crippen LogP contribution is -2.57.